The number of esters is 1. The van der Waals surface area contributed by atoms with Gasteiger partial charge in [0.1, 0.15) is 5.75 Å². The van der Waals surface area contributed by atoms with Crippen LogP contribution in [0, 0.1) is 11.8 Å². The first kappa shape index (κ1) is 26.1. The van der Waals surface area contributed by atoms with Gasteiger partial charge in [-0.1, -0.05) is 43.2 Å². The third-order valence-electron chi connectivity index (χ3n) is 8.62. The zero-order chi connectivity index (χ0) is 26.0. The van der Waals surface area contributed by atoms with E-state index in [-0.39, 0.29) is 17.3 Å². The third-order valence-corrected chi connectivity index (χ3v) is 8.85. The standard InChI is InChI=1S/C31H38ClNO4/c1-3-4-5-8-28(34)25-12-9-23(25)18-33-19-31(15-6-7-21-16-24(32)11-13-26(21)31)20-37-29-14-10-22(17-27(29)33)30(35)36-2/h5,8,10-11,13-14,16-17,23,25,28,34H,3-4,6-7,9,12,15,18-20H2,1-2H3/b8-5+/t23-,25+,28-,31?/m0/s1. The first-order valence-electron chi connectivity index (χ1n) is 13.7. The molecule has 1 N–H and O–H groups in total. The van der Waals surface area contributed by atoms with Crippen molar-refractivity contribution in [2.45, 2.75) is 63.4 Å². The number of fused-ring (bicyclic) bond motifs is 3. The molecule has 6 heteroatoms. The van der Waals surface area contributed by atoms with Crippen molar-refractivity contribution in [1.82, 2.24) is 0 Å². The van der Waals surface area contributed by atoms with E-state index in [0.717, 1.165) is 74.5 Å². The molecule has 1 heterocycles. The minimum Gasteiger partial charge on any atom is -0.490 e. The number of ether oxygens (including phenoxy) is 2. The Labute approximate surface area is 225 Å². The van der Waals surface area contributed by atoms with Gasteiger partial charge in [0.2, 0.25) is 0 Å². The fourth-order valence-corrected chi connectivity index (χ4v) is 6.65. The molecule has 1 unspecified atom stereocenters. The van der Waals surface area contributed by atoms with Crippen LogP contribution in [-0.2, 0) is 16.6 Å². The van der Waals surface area contributed by atoms with E-state index in [1.54, 1.807) is 6.07 Å². The van der Waals surface area contributed by atoms with E-state index in [2.05, 4.69) is 30.0 Å². The number of aliphatic hydroxyl groups is 1. The van der Waals surface area contributed by atoms with E-state index in [9.17, 15) is 9.90 Å². The molecule has 0 radical (unpaired) electrons. The molecule has 2 aliphatic carbocycles. The van der Waals surface area contributed by atoms with Crippen LogP contribution in [0.2, 0.25) is 5.02 Å². The third kappa shape index (κ3) is 5.26. The number of carbonyl (C=O) groups is 1. The number of methoxy groups -OCH3 is 1. The number of rotatable bonds is 7. The van der Waals surface area contributed by atoms with Crippen LogP contribution in [0.5, 0.6) is 5.75 Å². The number of aliphatic hydroxyl groups excluding tert-OH is 1. The summed E-state index contributed by atoms with van der Waals surface area (Å²) in [5.41, 5.74) is 3.92. The van der Waals surface area contributed by atoms with Crippen molar-refractivity contribution in [2.24, 2.45) is 11.8 Å². The largest absolute Gasteiger partial charge is 0.490 e. The van der Waals surface area contributed by atoms with Crippen LogP contribution < -0.4 is 9.64 Å². The SMILES string of the molecule is CCC/C=C/[C@H](O)[C@@H]1CC[C@H]1CN1CC2(CCCc3cc(Cl)ccc32)COc2ccc(C(=O)OC)cc21. The maximum atomic E-state index is 12.4. The topological polar surface area (TPSA) is 59.0 Å². The van der Waals surface area contributed by atoms with Crippen LogP contribution in [0.1, 0.15) is 66.9 Å². The maximum Gasteiger partial charge on any atom is 0.337 e. The summed E-state index contributed by atoms with van der Waals surface area (Å²) in [5.74, 6) is 1.07. The number of hydrogen-bond acceptors (Lipinski definition) is 5. The summed E-state index contributed by atoms with van der Waals surface area (Å²) in [6.07, 6.45) is 11.0. The molecule has 2 aromatic rings. The highest BCUT2D eigenvalue weighted by atomic mass is 35.5. The minimum absolute atomic E-state index is 0.165. The van der Waals surface area contributed by atoms with E-state index in [4.69, 9.17) is 21.1 Å². The number of unbranched alkanes of at least 4 members (excludes halogenated alkanes) is 1. The Morgan fingerprint density at radius 1 is 1.30 bits per heavy atom. The molecule has 4 atom stereocenters. The summed E-state index contributed by atoms with van der Waals surface area (Å²) in [4.78, 5) is 14.8. The smallest absolute Gasteiger partial charge is 0.337 e. The Hall–Kier alpha value is -2.50. The van der Waals surface area contributed by atoms with Gasteiger partial charge >= 0.3 is 5.97 Å². The zero-order valence-corrected chi connectivity index (χ0v) is 22.7. The van der Waals surface area contributed by atoms with Gasteiger partial charge in [-0.25, -0.2) is 4.79 Å². The number of nitrogens with zero attached hydrogens (tertiary/aromatic N) is 1. The van der Waals surface area contributed by atoms with Crippen molar-refractivity contribution in [3.05, 3.63) is 70.3 Å². The summed E-state index contributed by atoms with van der Waals surface area (Å²) in [5, 5.41) is 11.7. The predicted molar refractivity (Wildman–Crippen MR) is 148 cm³/mol. The maximum absolute atomic E-state index is 12.4. The van der Waals surface area contributed by atoms with E-state index >= 15 is 0 Å². The van der Waals surface area contributed by atoms with Crippen molar-refractivity contribution < 1.29 is 19.4 Å². The summed E-state index contributed by atoms with van der Waals surface area (Å²) in [6, 6.07) is 11.9. The van der Waals surface area contributed by atoms with Crippen molar-refractivity contribution in [1.29, 1.82) is 0 Å². The van der Waals surface area contributed by atoms with Crippen molar-refractivity contribution in [3.63, 3.8) is 0 Å². The molecule has 0 amide bonds. The molecular formula is C31H38ClNO4. The second kappa shape index (κ2) is 11.1. The van der Waals surface area contributed by atoms with Gasteiger partial charge in [0.05, 0.1) is 31.1 Å². The van der Waals surface area contributed by atoms with Crippen LogP contribution in [0.25, 0.3) is 0 Å². The lowest BCUT2D eigenvalue weighted by Gasteiger charge is -2.45. The van der Waals surface area contributed by atoms with Gasteiger partial charge in [-0.3, -0.25) is 0 Å². The summed E-state index contributed by atoms with van der Waals surface area (Å²) in [6.45, 7) is 4.34. The highest BCUT2D eigenvalue weighted by Crippen LogP contribution is 2.46. The van der Waals surface area contributed by atoms with Gasteiger partial charge in [-0.15, -0.1) is 0 Å². The molecule has 198 valence electrons. The molecule has 1 fully saturated rings. The van der Waals surface area contributed by atoms with E-state index < -0.39 is 6.10 Å². The summed E-state index contributed by atoms with van der Waals surface area (Å²) < 4.78 is 11.5. The minimum atomic E-state index is -0.416. The number of carbonyl (C=O) groups excluding carboxylic acids is 1. The van der Waals surface area contributed by atoms with Crippen LogP contribution in [-0.4, -0.2) is 44.0 Å². The molecule has 0 bridgehead atoms. The fraction of sp³-hybridized carbons (Fsp3) is 0.516. The van der Waals surface area contributed by atoms with Gasteiger partial charge in [0, 0.05) is 23.5 Å². The first-order chi connectivity index (χ1) is 17.9. The Morgan fingerprint density at radius 2 is 2.16 bits per heavy atom. The first-order valence-corrected chi connectivity index (χ1v) is 14.1. The van der Waals surface area contributed by atoms with Gasteiger partial charge in [-0.05, 0) is 91.8 Å². The number of anilines is 1. The number of benzene rings is 2. The molecule has 1 aliphatic heterocycles. The molecule has 0 aromatic heterocycles. The molecule has 2 aromatic carbocycles. The van der Waals surface area contributed by atoms with Crippen LogP contribution in [0.4, 0.5) is 5.69 Å². The monoisotopic (exact) mass is 523 g/mol. The summed E-state index contributed by atoms with van der Waals surface area (Å²) in [7, 11) is 1.41. The molecule has 5 rings (SSSR count). The predicted octanol–water partition coefficient (Wildman–Crippen LogP) is 6.34. The Bertz CT molecular complexity index is 1160. The Balaban J connectivity index is 1.49. The molecule has 0 saturated heterocycles. The Morgan fingerprint density at radius 3 is 2.92 bits per heavy atom. The van der Waals surface area contributed by atoms with E-state index in [1.165, 1.54) is 18.2 Å². The van der Waals surface area contributed by atoms with Crippen molar-refractivity contribution in [2.75, 3.05) is 31.7 Å². The van der Waals surface area contributed by atoms with Crippen LogP contribution in [0.3, 0.4) is 0 Å². The molecule has 3 aliphatic rings. The number of halogens is 1. The number of allylic oxidation sites excluding steroid dienone is 1. The lowest BCUT2D eigenvalue weighted by Crippen LogP contribution is -2.49. The fourth-order valence-electron chi connectivity index (χ4n) is 6.46. The van der Waals surface area contributed by atoms with Gasteiger partial charge < -0.3 is 19.5 Å². The number of hydrogen-bond donors (Lipinski definition) is 1. The lowest BCUT2D eigenvalue weighted by molar-refractivity contribution is 0.0456. The quantitative estimate of drug-likeness (QED) is 0.339. The van der Waals surface area contributed by atoms with E-state index in [0.29, 0.717) is 18.1 Å². The second-order valence-electron chi connectivity index (χ2n) is 11.0. The highest BCUT2D eigenvalue weighted by Gasteiger charge is 2.44. The molecule has 5 nitrogen and oxygen atoms in total. The summed E-state index contributed by atoms with van der Waals surface area (Å²) >= 11 is 6.37. The van der Waals surface area contributed by atoms with Gasteiger partial charge in [0.15, 0.2) is 0 Å². The number of aryl methyl sites for hydroxylation is 1. The van der Waals surface area contributed by atoms with Crippen LogP contribution >= 0.6 is 11.6 Å². The molecule has 37 heavy (non-hydrogen) atoms. The average Bonchev–Trinajstić information content (AvgIpc) is 3.03. The zero-order valence-electron chi connectivity index (χ0n) is 21.9. The van der Waals surface area contributed by atoms with Crippen molar-refractivity contribution >= 4 is 23.3 Å². The van der Waals surface area contributed by atoms with Crippen molar-refractivity contribution in [3.8, 4) is 5.75 Å². The normalized spacial score (nSPS) is 25.6. The van der Waals surface area contributed by atoms with E-state index in [1.807, 2.05) is 24.3 Å². The lowest BCUT2D eigenvalue weighted by atomic mass is 9.68. The highest BCUT2D eigenvalue weighted by molar-refractivity contribution is 6.30. The Kier molecular flexibility index (Phi) is 7.83. The second-order valence-corrected chi connectivity index (χ2v) is 11.4. The van der Waals surface area contributed by atoms with Gasteiger partial charge in [0.25, 0.3) is 0 Å². The molecule has 1 spiro atoms. The van der Waals surface area contributed by atoms with Crippen LogP contribution in [0.15, 0.2) is 48.6 Å². The molecule has 1 saturated carbocycles. The van der Waals surface area contributed by atoms with Gasteiger partial charge in [-0.2, -0.15) is 0 Å². The molecular weight excluding hydrogens is 486 g/mol. The average molecular weight is 524 g/mol.